The van der Waals surface area contributed by atoms with Crippen molar-refractivity contribution in [2.24, 2.45) is 0 Å². The Kier molecular flexibility index (Phi) is 6.50. The van der Waals surface area contributed by atoms with E-state index in [1.54, 1.807) is 10.4 Å². The van der Waals surface area contributed by atoms with Crippen LogP contribution >= 0.6 is 27.3 Å². The Hall–Kier alpha value is 0.0900. The summed E-state index contributed by atoms with van der Waals surface area (Å²) in [6.45, 7) is 8.59. The van der Waals surface area contributed by atoms with Crippen LogP contribution in [-0.2, 0) is 10.0 Å². The van der Waals surface area contributed by atoms with Crippen molar-refractivity contribution in [3.05, 3.63) is 15.4 Å². The lowest BCUT2D eigenvalue weighted by Gasteiger charge is -2.26. The molecule has 3 nitrogen and oxygen atoms in total. The van der Waals surface area contributed by atoms with Gasteiger partial charge in [-0.15, -0.1) is 11.3 Å². The molecule has 0 N–H and O–H groups in total. The fraction of sp³-hybridized carbons (Fsp3) is 0.692. The van der Waals surface area contributed by atoms with Gasteiger partial charge in [-0.25, -0.2) is 8.42 Å². The molecule has 0 saturated carbocycles. The number of hydrogen-bond acceptors (Lipinski definition) is 3. The first-order valence-electron chi connectivity index (χ1n) is 6.62. The molecule has 0 amide bonds. The summed E-state index contributed by atoms with van der Waals surface area (Å²) in [7, 11) is -3.36. The molecule has 110 valence electrons. The molecule has 6 heteroatoms. The molecule has 0 fully saturated rings. The quantitative estimate of drug-likeness (QED) is 0.715. The number of hydrogen-bond donors (Lipinski definition) is 0. The lowest BCUT2D eigenvalue weighted by atomic mass is 10.2. The molecule has 1 aromatic rings. The van der Waals surface area contributed by atoms with Crippen LogP contribution in [0, 0.1) is 6.92 Å². The Labute approximate surface area is 129 Å². The van der Waals surface area contributed by atoms with Gasteiger partial charge in [0.2, 0.25) is 0 Å². The van der Waals surface area contributed by atoms with Crippen molar-refractivity contribution < 1.29 is 8.42 Å². The van der Waals surface area contributed by atoms with E-state index in [2.05, 4.69) is 22.9 Å². The van der Waals surface area contributed by atoms with Gasteiger partial charge in [0.25, 0.3) is 10.0 Å². The van der Waals surface area contributed by atoms with E-state index in [4.69, 9.17) is 0 Å². The van der Waals surface area contributed by atoms with Crippen LogP contribution in [0.4, 0.5) is 0 Å². The summed E-state index contributed by atoms with van der Waals surface area (Å²) in [6.07, 6.45) is 2.72. The molecule has 1 heterocycles. The first-order valence-corrected chi connectivity index (χ1v) is 9.67. The SMILES string of the molecule is CCCCN(C(C)CC)S(=O)(=O)c1cc(C)c(Br)s1. The molecule has 0 radical (unpaired) electrons. The first kappa shape index (κ1) is 17.1. The van der Waals surface area contributed by atoms with E-state index < -0.39 is 10.0 Å². The zero-order valence-corrected chi connectivity index (χ0v) is 15.2. The summed E-state index contributed by atoms with van der Waals surface area (Å²) >= 11 is 4.70. The van der Waals surface area contributed by atoms with Gasteiger partial charge in [-0.1, -0.05) is 20.3 Å². The highest BCUT2D eigenvalue weighted by Crippen LogP contribution is 2.33. The Morgan fingerprint density at radius 1 is 1.42 bits per heavy atom. The van der Waals surface area contributed by atoms with Gasteiger partial charge in [0.05, 0.1) is 3.79 Å². The Balaban J connectivity index is 3.11. The predicted octanol–water partition coefficient (Wildman–Crippen LogP) is 4.41. The molecule has 0 bridgehead atoms. The summed E-state index contributed by atoms with van der Waals surface area (Å²) < 4.78 is 28.4. The summed E-state index contributed by atoms with van der Waals surface area (Å²) in [5.74, 6) is 0. The van der Waals surface area contributed by atoms with Crippen molar-refractivity contribution in [2.45, 2.75) is 57.2 Å². The fourth-order valence-corrected chi connectivity index (χ4v) is 5.87. The minimum atomic E-state index is -3.36. The second-order valence-electron chi connectivity index (χ2n) is 4.75. The monoisotopic (exact) mass is 367 g/mol. The topological polar surface area (TPSA) is 37.4 Å². The molecule has 1 unspecified atom stereocenters. The standard InChI is InChI=1S/C13H22BrNO2S2/c1-5-7-8-15(11(4)6-2)19(16,17)12-9-10(3)13(14)18-12/h9,11H,5-8H2,1-4H3. The summed E-state index contributed by atoms with van der Waals surface area (Å²) in [4.78, 5) is 0. The third-order valence-corrected chi connectivity index (χ3v) is 7.81. The van der Waals surface area contributed by atoms with Gasteiger partial charge in [0, 0.05) is 12.6 Å². The molecule has 0 aliphatic heterocycles. The van der Waals surface area contributed by atoms with Gasteiger partial charge >= 0.3 is 0 Å². The van der Waals surface area contributed by atoms with Crippen LogP contribution < -0.4 is 0 Å². The average Bonchev–Trinajstić information content (AvgIpc) is 2.70. The molecule has 0 spiro atoms. The smallest absolute Gasteiger partial charge is 0.206 e. The Morgan fingerprint density at radius 2 is 2.05 bits per heavy atom. The van der Waals surface area contributed by atoms with Crippen LogP contribution in [0.5, 0.6) is 0 Å². The number of nitrogens with zero attached hydrogens (tertiary/aromatic N) is 1. The second kappa shape index (κ2) is 7.20. The van der Waals surface area contributed by atoms with Gasteiger partial charge in [-0.2, -0.15) is 4.31 Å². The number of halogens is 1. The number of rotatable bonds is 7. The van der Waals surface area contributed by atoms with Crippen LogP contribution in [0.2, 0.25) is 0 Å². The van der Waals surface area contributed by atoms with Crippen LogP contribution in [-0.4, -0.2) is 25.3 Å². The van der Waals surface area contributed by atoms with E-state index >= 15 is 0 Å². The summed E-state index contributed by atoms with van der Waals surface area (Å²) in [6, 6.07) is 1.79. The second-order valence-corrected chi connectivity index (χ2v) is 9.24. The van der Waals surface area contributed by atoms with Crippen molar-refractivity contribution in [3.63, 3.8) is 0 Å². The van der Waals surface area contributed by atoms with Crippen LogP contribution in [0.3, 0.4) is 0 Å². The zero-order chi connectivity index (χ0) is 14.6. The minimum absolute atomic E-state index is 0.0396. The largest absolute Gasteiger partial charge is 0.252 e. The predicted molar refractivity (Wildman–Crippen MR) is 85.3 cm³/mol. The normalized spacial score (nSPS) is 14.0. The van der Waals surface area contributed by atoms with Gasteiger partial charge in [-0.3, -0.25) is 0 Å². The molecule has 0 saturated heterocycles. The lowest BCUT2D eigenvalue weighted by Crippen LogP contribution is -2.38. The lowest BCUT2D eigenvalue weighted by molar-refractivity contribution is 0.325. The minimum Gasteiger partial charge on any atom is -0.206 e. The van der Waals surface area contributed by atoms with E-state index in [-0.39, 0.29) is 6.04 Å². The van der Waals surface area contributed by atoms with E-state index in [1.165, 1.54) is 11.3 Å². The van der Waals surface area contributed by atoms with Crippen molar-refractivity contribution in [2.75, 3.05) is 6.54 Å². The molecular formula is C13H22BrNO2S2. The van der Waals surface area contributed by atoms with Gasteiger partial charge in [0.1, 0.15) is 4.21 Å². The van der Waals surface area contributed by atoms with E-state index in [1.807, 2.05) is 20.8 Å². The maximum absolute atomic E-state index is 12.7. The average molecular weight is 368 g/mol. The molecule has 1 rings (SSSR count). The van der Waals surface area contributed by atoms with Gasteiger partial charge in [-0.05, 0) is 54.2 Å². The Bertz CT molecular complexity index is 491. The Morgan fingerprint density at radius 3 is 2.47 bits per heavy atom. The van der Waals surface area contributed by atoms with Crippen LogP contribution in [0.15, 0.2) is 14.1 Å². The molecular weight excluding hydrogens is 346 g/mol. The molecule has 0 aromatic carbocycles. The van der Waals surface area contributed by atoms with Gasteiger partial charge in [0.15, 0.2) is 0 Å². The molecule has 1 atom stereocenters. The third kappa shape index (κ3) is 4.03. The molecule has 0 aliphatic carbocycles. The molecule has 0 aliphatic rings. The molecule has 1 aromatic heterocycles. The van der Waals surface area contributed by atoms with Crippen molar-refractivity contribution in [3.8, 4) is 0 Å². The van der Waals surface area contributed by atoms with Crippen LogP contribution in [0.25, 0.3) is 0 Å². The van der Waals surface area contributed by atoms with Crippen molar-refractivity contribution in [1.82, 2.24) is 4.31 Å². The third-order valence-electron chi connectivity index (χ3n) is 3.21. The maximum atomic E-state index is 12.7. The highest BCUT2D eigenvalue weighted by Gasteiger charge is 2.29. The fourth-order valence-electron chi connectivity index (χ4n) is 1.77. The van der Waals surface area contributed by atoms with Gasteiger partial charge < -0.3 is 0 Å². The number of unbranched alkanes of at least 4 members (excludes halogenated alkanes) is 1. The van der Waals surface area contributed by atoms with Crippen molar-refractivity contribution in [1.29, 1.82) is 0 Å². The highest BCUT2D eigenvalue weighted by atomic mass is 79.9. The first-order chi connectivity index (χ1) is 8.84. The van der Waals surface area contributed by atoms with E-state index in [0.29, 0.717) is 10.8 Å². The highest BCUT2D eigenvalue weighted by molar-refractivity contribution is 9.11. The molecule has 19 heavy (non-hydrogen) atoms. The number of aryl methyl sites for hydroxylation is 1. The van der Waals surface area contributed by atoms with E-state index in [9.17, 15) is 8.42 Å². The van der Waals surface area contributed by atoms with Crippen LogP contribution in [0.1, 0.15) is 45.6 Å². The van der Waals surface area contributed by atoms with Crippen molar-refractivity contribution >= 4 is 37.3 Å². The number of sulfonamides is 1. The van der Waals surface area contributed by atoms with E-state index in [0.717, 1.165) is 28.6 Å². The number of thiophene rings is 1. The summed E-state index contributed by atoms with van der Waals surface area (Å²) in [5, 5.41) is 0. The summed E-state index contributed by atoms with van der Waals surface area (Å²) in [5.41, 5.74) is 0.975. The maximum Gasteiger partial charge on any atom is 0.252 e. The zero-order valence-electron chi connectivity index (χ0n) is 11.9.